The van der Waals surface area contributed by atoms with Gasteiger partial charge in [-0.15, -0.1) is 0 Å². The lowest BCUT2D eigenvalue weighted by Crippen LogP contribution is -2.41. The third-order valence-corrected chi connectivity index (χ3v) is 2.63. The van der Waals surface area contributed by atoms with Gasteiger partial charge in [-0.05, 0) is 40.0 Å². The number of rotatable bonds is 4. The first-order valence-electron chi connectivity index (χ1n) is 6.55. The molecule has 0 bridgehead atoms. The second kappa shape index (κ2) is 6.24. The van der Waals surface area contributed by atoms with Crippen molar-refractivity contribution in [2.24, 2.45) is 0 Å². The van der Waals surface area contributed by atoms with Gasteiger partial charge < -0.3 is 9.47 Å². The third kappa shape index (κ3) is 4.94. The molecule has 1 heterocycles. The number of unbranched alkanes of at least 4 members (excludes halogenated alkanes) is 1. The summed E-state index contributed by atoms with van der Waals surface area (Å²) in [4.78, 5) is 13.6. The normalized spacial score (nSPS) is 20.7. The number of ether oxygens (including phenoxy) is 2. The molecule has 0 aromatic rings. The summed E-state index contributed by atoms with van der Waals surface area (Å²) in [5, 5.41) is 0. The molecule has 0 spiro atoms. The maximum atomic E-state index is 11.9. The fourth-order valence-corrected chi connectivity index (χ4v) is 1.80. The fraction of sp³-hybridized carbons (Fsp3) is 0.923. The number of likely N-dealkylation sites (tertiary alicyclic amines) is 1. The highest BCUT2D eigenvalue weighted by Crippen LogP contribution is 2.21. The molecule has 0 aliphatic carbocycles. The fourth-order valence-electron chi connectivity index (χ4n) is 1.80. The molecule has 4 nitrogen and oxygen atoms in total. The molecule has 0 N–H and O–H groups in total. The predicted molar refractivity (Wildman–Crippen MR) is 66.8 cm³/mol. The summed E-state index contributed by atoms with van der Waals surface area (Å²) in [5.41, 5.74) is -0.437. The van der Waals surface area contributed by atoms with Crippen molar-refractivity contribution in [3.63, 3.8) is 0 Å². The Kier molecular flexibility index (Phi) is 5.25. The van der Waals surface area contributed by atoms with Gasteiger partial charge in [-0.1, -0.05) is 13.3 Å². The van der Waals surface area contributed by atoms with Crippen LogP contribution in [-0.4, -0.2) is 36.0 Å². The van der Waals surface area contributed by atoms with Crippen molar-refractivity contribution in [3.8, 4) is 0 Å². The number of amides is 1. The van der Waals surface area contributed by atoms with Crippen LogP contribution in [0.4, 0.5) is 4.79 Å². The number of nitrogens with zero attached hydrogens (tertiary/aromatic N) is 1. The Balaban J connectivity index is 2.42. The van der Waals surface area contributed by atoms with Gasteiger partial charge in [-0.25, -0.2) is 4.79 Å². The first kappa shape index (κ1) is 14.3. The lowest BCUT2D eigenvalue weighted by Gasteiger charge is -2.28. The van der Waals surface area contributed by atoms with E-state index in [2.05, 4.69) is 6.92 Å². The van der Waals surface area contributed by atoms with Gasteiger partial charge in [-0.3, -0.25) is 4.90 Å². The van der Waals surface area contributed by atoms with E-state index >= 15 is 0 Å². The Morgan fingerprint density at radius 1 is 1.41 bits per heavy atom. The van der Waals surface area contributed by atoms with Gasteiger partial charge in [0.1, 0.15) is 11.8 Å². The van der Waals surface area contributed by atoms with Gasteiger partial charge in [0.25, 0.3) is 0 Å². The van der Waals surface area contributed by atoms with Gasteiger partial charge in [0.15, 0.2) is 0 Å². The standard InChI is InChI=1S/C13H25NO3/c1-5-6-10-16-11-8-7-9-14(11)12(15)17-13(2,3)4/h11H,5-10H2,1-4H3. The number of carbonyl (C=O) groups excluding carboxylic acids is 1. The zero-order chi connectivity index (χ0) is 12.9. The molecule has 0 radical (unpaired) electrons. The molecule has 1 rings (SSSR count). The van der Waals surface area contributed by atoms with Crippen molar-refractivity contribution in [2.75, 3.05) is 13.2 Å². The molecule has 1 aliphatic heterocycles. The van der Waals surface area contributed by atoms with Crippen molar-refractivity contribution >= 4 is 6.09 Å². The molecule has 1 fully saturated rings. The molecule has 1 amide bonds. The van der Waals surface area contributed by atoms with Crippen LogP contribution in [0, 0.1) is 0 Å². The number of hydrogen-bond acceptors (Lipinski definition) is 3. The van der Waals surface area contributed by atoms with Crippen molar-refractivity contribution in [2.45, 2.75) is 65.2 Å². The summed E-state index contributed by atoms with van der Waals surface area (Å²) in [6, 6.07) is 0. The van der Waals surface area contributed by atoms with E-state index in [-0.39, 0.29) is 12.3 Å². The van der Waals surface area contributed by atoms with Crippen LogP contribution in [0.3, 0.4) is 0 Å². The van der Waals surface area contributed by atoms with Gasteiger partial charge in [0.05, 0.1) is 0 Å². The first-order valence-corrected chi connectivity index (χ1v) is 6.55. The molecule has 1 aliphatic rings. The monoisotopic (exact) mass is 243 g/mol. The topological polar surface area (TPSA) is 38.8 Å². The van der Waals surface area contributed by atoms with Gasteiger partial charge in [0, 0.05) is 13.2 Å². The molecule has 17 heavy (non-hydrogen) atoms. The van der Waals surface area contributed by atoms with E-state index < -0.39 is 5.60 Å². The molecule has 1 atom stereocenters. The molecule has 1 saturated heterocycles. The van der Waals surface area contributed by atoms with E-state index in [0.29, 0.717) is 0 Å². The average Bonchev–Trinajstić information content (AvgIpc) is 2.64. The highest BCUT2D eigenvalue weighted by atomic mass is 16.6. The van der Waals surface area contributed by atoms with Crippen molar-refractivity contribution < 1.29 is 14.3 Å². The second-order valence-electron chi connectivity index (χ2n) is 5.49. The molecule has 0 aromatic heterocycles. The molecule has 4 heteroatoms. The van der Waals surface area contributed by atoms with Gasteiger partial charge >= 0.3 is 6.09 Å². The number of hydrogen-bond donors (Lipinski definition) is 0. The van der Waals surface area contributed by atoms with E-state index in [1.807, 2.05) is 20.8 Å². The summed E-state index contributed by atoms with van der Waals surface area (Å²) in [7, 11) is 0. The molecule has 0 aromatic carbocycles. The Bertz CT molecular complexity index is 248. The molecule has 100 valence electrons. The summed E-state index contributed by atoms with van der Waals surface area (Å²) < 4.78 is 11.1. The zero-order valence-corrected chi connectivity index (χ0v) is 11.5. The maximum absolute atomic E-state index is 11.9. The smallest absolute Gasteiger partial charge is 0.412 e. The highest BCUT2D eigenvalue weighted by Gasteiger charge is 2.32. The molecular formula is C13H25NO3. The lowest BCUT2D eigenvalue weighted by molar-refractivity contribution is -0.0494. The molecule has 0 saturated carbocycles. The lowest BCUT2D eigenvalue weighted by atomic mass is 10.2. The highest BCUT2D eigenvalue weighted by molar-refractivity contribution is 5.68. The van der Waals surface area contributed by atoms with Gasteiger partial charge in [0.2, 0.25) is 0 Å². The third-order valence-electron chi connectivity index (χ3n) is 2.63. The Morgan fingerprint density at radius 2 is 2.12 bits per heavy atom. The van der Waals surface area contributed by atoms with Crippen molar-refractivity contribution in [1.29, 1.82) is 0 Å². The first-order chi connectivity index (χ1) is 7.94. The second-order valence-corrected chi connectivity index (χ2v) is 5.49. The van der Waals surface area contributed by atoms with Gasteiger partial charge in [-0.2, -0.15) is 0 Å². The average molecular weight is 243 g/mol. The van der Waals surface area contributed by atoms with E-state index in [0.717, 1.165) is 38.8 Å². The van der Waals surface area contributed by atoms with Crippen LogP contribution >= 0.6 is 0 Å². The minimum atomic E-state index is -0.437. The van der Waals surface area contributed by atoms with Crippen LogP contribution in [0.5, 0.6) is 0 Å². The predicted octanol–water partition coefficient (Wildman–Crippen LogP) is 3.16. The zero-order valence-electron chi connectivity index (χ0n) is 11.5. The van der Waals surface area contributed by atoms with Crippen LogP contribution in [0.1, 0.15) is 53.4 Å². The molecule has 1 unspecified atom stereocenters. The summed E-state index contributed by atoms with van der Waals surface area (Å²) in [6.07, 6.45) is 3.73. The van der Waals surface area contributed by atoms with Crippen molar-refractivity contribution in [1.82, 2.24) is 4.90 Å². The maximum Gasteiger partial charge on any atom is 0.412 e. The van der Waals surface area contributed by atoms with Crippen molar-refractivity contribution in [3.05, 3.63) is 0 Å². The summed E-state index contributed by atoms with van der Waals surface area (Å²) in [5.74, 6) is 0. The summed E-state index contributed by atoms with van der Waals surface area (Å²) >= 11 is 0. The van der Waals surface area contributed by atoms with Crippen LogP contribution in [0.25, 0.3) is 0 Å². The van der Waals surface area contributed by atoms with E-state index in [4.69, 9.17) is 9.47 Å². The van der Waals surface area contributed by atoms with Crippen LogP contribution < -0.4 is 0 Å². The minimum Gasteiger partial charge on any atom is -0.444 e. The van der Waals surface area contributed by atoms with Crippen LogP contribution in [0.2, 0.25) is 0 Å². The number of carbonyl (C=O) groups is 1. The van der Waals surface area contributed by atoms with Crippen LogP contribution in [0.15, 0.2) is 0 Å². The Morgan fingerprint density at radius 3 is 2.71 bits per heavy atom. The Labute approximate surface area is 104 Å². The SMILES string of the molecule is CCCCOC1CCCN1C(=O)OC(C)(C)C. The largest absolute Gasteiger partial charge is 0.444 e. The Hall–Kier alpha value is -0.770. The van der Waals surface area contributed by atoms with Crippen LogP contribution in [-0.2, 0) is 9.47 Å². The van der Waals surface area contributed by atoms with E-state index in [1.165, 1.54) is 0 Å². The minimum absolute atomic E-state index is 0.0867. The molecular weight excluding hydrogens is 218 g/mol. The summed E-state index contributed by atoms with van der Waals surface area (Å²) in [6.45, 7) is 9.24. The van der Waals surface area contributed by atoms with E-state index in [9.17, 15) is 4.79 Å². The quantitative estimate of drug-likeness (QED) is 0.712. The van der Waals surface area contributed by atoms with E-state index in [1.54, 1.807) is 4.90 Å².